The predicted molar refractivity (Wildman–Crippen MR) is 90.2 cm³/mol. The topological polar surface area (TPSA) is 58.2 Å². The fraction of sp³-hybridized carbons (Fsp3) is 0. The lowest BCUT2D eigenvalue weighted by atomic mass is 10.3. The molecule has 0 unspecified atom stereocenters. The summed E-state index contributed by atoms with van der Waals surface area (Å²) in [5, 5.41) is 6.08. The maximum Gasteiger partial charge on any atom is 0.314 e. The molecule has 0 radical (unpaired) electrons. The third-order valence-electron chi connectivity index (χ3n) is 2.51. The Hall–Kier alpha value is -1.46. The fourth-order valence-corrected chi connectivity index (χ4v) is 2.57. The first-order chi connectivity index (χ1) is 10.3. The number of benzene rings is 2. The van der Waals surface area contributed by atoms with E-state index in [4.69, 9.17) is 46.4 Å². The number of anilines is 2. The van der Waals surface area contributed by atoms with Crippen LogP contribution in [0.3, 0.4) is 0 Å². The summed E-state index contributed by atoms with van der Waals surface area (Å²) in [6, 6.07) is 8.92. The van der Waals surface area contributed by atoms with Gasteiger partial charge in [-0.05, 0) is 36.4 Å². The van der Waals surface area contributed by atoms with E-state index in [1.807, 2.05) is 0 Å². The molecular weight excluding hydrogens is 370 g/mol. The smallest absolute Gasteiger partial charge is 0.314 e. The van der Waals surface area contributed by atoms with E-state index in [1.54, 1.807) is 0 Å². The van der Waals surface area contributed by atoms with Crippen molar-refractivity contribution in [1.82, 2.24) is 0 Å². The van der Waals surface area contributed by atoms with Gasteiger partial charge in [0.2, 0.25) is 0 Å². The van der Waals surface area contributed by atoms with Gasteiger partial charge in [0, 0.05) is 20.8 Å². The van der Waals surface area contributed by atoms with Gasteiger partial charge in [-0.1, -0.05) is 46.4 Å². The molecule has 0 atom stereocenters. The normalized spacial score (nSPS) is 10.2. The zero-order valence-corrected chi connectivity index (χ0v) is 13.8. The van der Waals surface area contributed by atoms with Crippen LogP contribution in [-0.4, -0.2) is 11.8 Å². The SMILES string of the molecule is O=C(Nc1cc(Cl)cc(Cl)c1)C(=O)Nc1ccc(Cl)cc1Cl. The van der Waals surface area contributed by atoms with E-state index >= 15 is 0 Å². The third-order valence-corrected chi connectivity index (χ3v) is 3.49. The maximum absolute atomic E-state index is 11.8. The van der Waals surface area contributed by atoms with E-state index in [1.165, 1.54) is 36.4 Å². The van der Waals surface area contributed by atoms with Crippen LogP contribution in [-0.2, 0) is 9.59 Å². The van der Waals surface area contributed by atoms with Gasteiger partial charge in [0.05, 0.1) is 10.7 Å². The van der Waals surface area contributed by atoms with Crippen LogP contribution in [0.5, 0.6) is 0 Å². The molecule has 8 heteroatoms. The molecule has 0 heterocycles. The van der Waals surface area contributed by atoms with Crippen molar-refractivity contribution in [3.8, 4) is 0 Å². The summed E-state index contributed by atoms with van der Waals surface area (Å²) in [5.74, 6) is -1.77. The van der Waals surface area contributed by atoms with Crippen molar-refractivity contribution < 1.29 is 9.59 Å². The van der Waals surface area contributed by atoms with Gasteiger partial charge in [0.1, 0.15) is 0 Å². The second kappa shape index (κ2) is 7.20. The molecule has 0 aliphatic heterocycles. The van der Waals surface area contributed by atoms with E-state index in [0.717, 1.165) is 0 Å². The molecule has 2 aromatic rings. The molecule has 114 valence electrons. The molecule has 2 N–H and O–H groups in total. The minimum absolute atomic E-state index is 0.222. The molecule has 2 rings (SSSR count). The van der Waals surface area contributed by atoms with Crippen LogP contribution in [0.1, 0.15) is 0 Å². The second-order valence-electron chi connectivity index (χ2n) is 4.19. The van der Waals surface area contributed by atoms with Gasteiger partial charge in [-0.15, -0.1) is 0 Å². The average Bonchev–Trinajstić information content (AvgIpc) is 2.40. The molecule has 0 fully saturated rings. The van der Waals surface area contributed by atoms with Crippen LogP contribution < -0.4 is 10.6 Å². The lowest BCUT2D eigenvalue weighted by Gasteiger charge is -2.08. The number of carbonyl (C=O) groups excluding carboxylic acids is 2. The molecule has 0 aliphatic rings. The van der Waals surface area contributed by atoms with Gasteiger partial charge in [-0.3, -0.25) is 9.59 Å². The molecule has 2 amide bonds. The monoisotopic (exact) mass is 376 g/mol. The van der Waals surface area contributed by atoms with Crippen molar-refractivity contribution >= 4 is 69.6 Å². The van der Waals surface area contributed by atoms with Crippen molar-refractivity contribution in [3.63, 3.8) is 0 Å². The Morgan fingerprint density at radius 1 is 0.727 bits per heavy atom. The van der Waals surface area contributed by atoms with Gasteiger partial charge in [-0.25, -0.2) is 0 Å². The summed E-state index contributed by atoms with van der Waals surface area (Å²) in [6.45, 7) is 0. The lowest BCUT2D eigenvalue weighted by Crippen LogP contribution is -2.29. The Labute approximate surface area is 146 Å². The highest BCUT2D eigenvalue weighted by atomic mass is 35.5. The quantitative estimate of drug-likeness (QED) is 0.733. The number of nitrogens with one attached hydrogen (secondary N) is 2. The Kier molecular flexibility index (Phi) is 5.53. The van der Waals surface area contributed by atoms with Crippen molar-refractivity contribution in [1.29, 1.82) is 0 Å². The Balaban J connectivity index is 2.07. The number of carbonyl (C=O) groups is 2. The Morgan fingerprint density at radius 2 is 1.32 bits per heavy atom. The van der Waals surface area contributed by atoms with E-state index in [0.29, 0.717) is 20.8 Å². The zero-order valence-electron chi connectivity index (χ0n) is 10.8. The van der Waals surface area contributed by atoms with Crippen LogP contribution in [0.2, 0.25) is 20.1 Å². The second-order valence-corrected chi connectivity index (χ2v) is 5.91. The fourth-order valence-electron chi connectivity index (χ4n) is 1.58. The highest BCUT2D eigenvalue weighted by Crippen LogP contribution is 2.25. The average molecular weight is 378 g/mol. The molecule has 2 aromatic carbocycles. The molecule has 22 heavy (non-hydrogen) atoms. The van der Waals surface area contributed by atoms with Crippen LogP contribution in [0, 0.1) is 0 Å². The summed E-state index contributed by atoms with van der Waals surface area (Å²) in [6.07, 6.45) is 0. The van der Waals surface area contributed by atoms with Gasteiger partial charge in [-0.2, -0.15) is 0 Å². The van der Waals surface area contributed by atoms with Crippen molar-refractivity contribution in [2.45, 2.75) is 0 Å². The van der Waals surface area contributed by atoms with Crippen molar-refractivity contribution in [2.24, 2.45) is 0 Å². The first kappa shape index (κ1) is 16.9. The van der Waals surface area contributed by atoms with E-state index in [9.17, 15) is 9.59 Å². The largest absolute Gasteiger partial charge is 0.318 e. The Morgan fingerprint density at radius 3 is 1.91 bits per heavy atom. The van der Waals surface area contributed by atoms with Crippen LogP contribution in [0.4, 0.5) is 11.4 Å². The summed E-state index contributed by atoms with van der Waals surface area (Å²) < 4.78 is 0. The summed E-state index contributed by atoms with van der Waals surface area (Å²) in [4.78, 5) is 23.7. The highest BCUT2D eigenvalue weighted by Gasteiger charge is 2.16. The molecule has 0 aliphatic carbocycles. The van der Waals surface area contributed by atoms with Gasteiger partial charge in [0.15, 0.2) is 0 Å². The highest BCUT2D eigenvalue weighted by molar-refractivity contribution is 6.45. The summed E-state index contributed by atoms with van der Waals surface area (Å²) >= 11 is 23.3. The minimum atomic E-state index is -0.889. The summed E-state index contributed by atoms with van der Waals surface area (Å²) in [7, 11) is 0. The first-order valence-electron chi connectivity index (χ1n) is 5.88. The van der Waals surface area contributed by atoms with Crippen LogP contribution >= 0.6 is 46.4 Å². The van der Waals surface area contributed by atoms with E-state index < -0.39 is 11.8 Å². The van der Waals surface area contributed by atoms with E-state index in [-0.39, 0.29) is 10.7 Å². The van der Waals surface area contributed by atoms with Gasteiger partial charge in [0.25, 0.3) is 0 Å². The molecule has 0 aromatic heterocycles. The number of hydrogen-bond donors (Lipinski definition) is 2. The molecular formula is C14H8Cl4N2O2. The molecule has 0 saturated carbocycles. The first-order valence-corrected chi connectivity index (χ1v) is 7.40. The maximum atomic E-state index is 11.8. The third kappa shape index (κ3) is 4.52. The van der Waals surface area contributed by atoms with Crippen molar-refractivity contribution in [2.75, 3.05) is 10.6 Å². The number of amides is 2. The lowest BCUT2D eigenvalue weighted by molar-refractivity contribution is -0.132. The standard InChI is InChI=1S/C14H8Cl4N2O2/c15-7-1-2-12(11(18)6-7)20-14(22)13(21)19-10-4-8(16)3-9(17)5-10/h1-6H,(H,19,21)(H,20,22). The Bertz CT molecular complexity index is 729. The molecule has 0 spiro atoms. The number of hydrogen-bond acceptors (Lipinski definition) is 2. The van der Waals surface area contributed by atoms with Crippen molar-refractivity contribution in [3.05, 3.63) is 56.5 Å². The van der Waals surface area contributed by atoms with Gasteiger partial charge >= 0.3 is 11.8 Å². The minimum Gasteiger partial charge on any atom is -0.318 e. The molecule has 0 saturated heterocycles. The van der Waals surface area contributed by atoms with Crippen LogP contribution in [0.15, 0.2) is 36.4 Å². The summed E-state index contributed by atoms with van der Waals surface area (Å²) in [5.41, 5.74) is 0.579. The van der Waals surface area contributed by atoms with Crippen LogP contribution in [0.25, 0.3) is 0 Å². The van der Waals surface area contributed by atoms with Gasteiger partial charge < -0.3 is 10.6 Å². The molecule has 0 bridgehead atoms. The van der Waals surface area contributed by atoms with E-state index in [2.05, 4.69) is 10.6 Å². The number of halogens is 4. The zero-order chi connectivity index (χ0) is 16.3. The predicted octanol–water partition coefficient (Wildman–Crippen LogP) is 4.88. The molecule has 4 nitrogen and oxygen atoms in total. The number of rotatable bonds is 2.